The number of benzene rings is 1. The number of alkyl halides is 2. The van der Waals surface area contributed by atoms with E-state index in [2.05, 4.69) is 9.72 Å². The monoisotopic (exact) mass is 484 g/mol. The predicted molar refractivity (Wildman–Crippen MR) is 129 cm³/mol. The van der Waals surface area contributed by atoms with Crippen LogP contribution in [0.15, 0.2) is 22.9 Å². The summed E-state index contributed by atoms with van der Waals surface area (Å²) < 4.78 is 43.8. The fourth-order valence-electron chi connectivity index (χ4n) is 5.43. The molecule has 0 bridgehead atoms. The molecule has 3 heterocycles. The van der Waals surface area contributed by atoms with Crippen molar-refractivity contribution in [2.24, 2.45) is 0 Å². The second-order valence-electron chi connectivity index (χ2n) is 9.38. The number of rotatable bonds is 7. The average molecular weight is 485 g/mol. The number of aryl methyl sites for hydroxylation is 2. The Kier molecular flexibility index (Phi) is 6.44. The number of imidazole rings is 1. The quantitative estimate of drug-likeness (QED) is 0.290. The zero-order valence-corrected chi connectivity index (χ0v) is 20.5. The third-order valence-corrected chi connectivity index (χ3v) is 7.04. The van der Waals surface area contributed by atoms with E-state index in [-0.39, 0.29) is 18.6 Å². The van der Waals surface area contributed by atoms with Gasteiger partial charge in [-0.25, -0.2) is 4.98 Å². The number of hydrogen-bond donors (Lipinski definition) is 0. The first-order valence-electron chi connectivity index (χ1n) is 12.1. The number of halogens is 2. The molecule has 0 N–H and O–H groups in total. The molecule has 0 radical (unpaired) electrons. The molecule has 0 spiro atoms. The van der Waals surface area contributed by atoms with Gasteiger partial charge < -0.3 is 18.6 Å². The average Bonchev–Trinajstić information content (AvgIpc) is 3.42. The van der Waals surface area contributed by atoms with Crippen molar-refractivity contribution in [3.05, 3.63) is 35.6 Å². The van der Waals surface area contributed by atoms with Crippen LogP contribution in [-0.2, 0) is 4.74 Å². The lowest BCUT2D eigenvalue weighted by molar-refractivity contribution is -0.135. The van der Waals surface area contributed by atoms with Crippen LogP contribution in [0.4, 0.5) is 8.78 Å². The number of ether oxygens (including phenoxy) is 2. The van der Waals surface area contributed by atoms with Crippen LogP contribution >= 0.6 is 0 Å². The number of hydrogen-bond acceptors (Lipinski definition) is 6. The summed E-state index contributed by atoms with van der Waals surface area (Å²) in [5.41, 5.74) is 4.85. The molecule has 35 heavy (non-hydrogen) atoms. The standard InChI is InChI=1S/C26H30F2N4O3/c1-14(13-34-26(27)28)32-24-18-11-22(33-4)19(23-15(2)31-35-16(23)3)10-20(18)29-12-21(24)30-25(32)17-8-6-5-7-9-17/h10-12,14,17,26H,5-9,13H2,1-4H3/t14-/m0/s1. The van der Waals surface area contributed by atoms with Crippen LogP contribution in [0.3, 0.4) is 0 Å². The van der Waals surface area contributed by atoms with Gasteiger partial charge in [0.2, 0.25) is 0 Å². The topological polar surface area (TPSA) is 75.2 Å². The normalized spacial score (nSPS) is 16.0. The zero-order chi connectivity index (χ0) is 24.7. The lowest BCUT2D eigenvalue weighted by atomic mass is 9.88. The third kappa shape index (κ3) is 4.26. The molecule has 1 aliphatic rings. The van der Waals surface area contributed by atoms with Crippen LogP contribution in [0.5, 0.6) is 5.75 Å². The van der Waals surface area contributed by atoms with Crippen molar-refractivity contribution in [2.45, 2.75) is 71.4 Å². The van der Waals surface area contributed by atoms with E-state index in [0.717, 1.165) is 70.3 Å². The van der Waals surface area contributed by atoms with E-state index >= 15 is 0 Å². The van der Waals surface area contributed by atoms with Crippen molar-refractivity contribution in [2.75, 3.05) is 13.7 Å². The van der Waals surface area contributed by atoms with Crippen molar-refractivity contribution in [1.29, 1.82) is 0 Å². The summed E-state index contributed by atoms with van der Waals surface area (Å²) in [5, 5.41) is 4.94. The molecule has 1 saturated carbocycles. The SMILES string of the molecule is COc1cc2c(cc1-c1c(C)noc1C)ncc1nc(C3CCCCC3)n([C@@H](C)COC(F)F)c12. The number of pyridine rings is 1. The van der Waals surface area contributed by atoms with Crippen LogP contribution in [0.1, 0.15) is 68.3 Å². The van der Waals surface area contributed by atoms with E-state index in [1.807, 2.05) is 32.9 Å². The first-order valence-corrected chi connectivity index (χ1v) is 12.1. The zero-order valence-electron chi connectivity index (χ0n) is 20.5. The minimum Gasteiger partial charge on any atom is -0.496 e. The van der Waals surface area contributed by atoms with E-state index in [9.17, 15) is 8.78 Å². The fraction of sp³-hybridized carbons (Fsp3) is 0.500. The molecule has 9 heteroatoms. The van der Waals surface area contributed by atoms with E-state index in [1.54, 1.807) is 13.3 Å². The Hall–Kier alpha value is -3.07. The predicted octanol–water partition coefficient (Wildman–Crippen LogP) is 6.71. The smallest absolute Gasteiger partial charge is 0.345 e. The fourth-order valence-corrected chi connectivity index (χ4v) is 5.43. The first kappa shape index (κ1) is 23.7. The van der Waals surface area contributed by atoms with E-state index < -0.39 is 6.61 Å². The lowest BCUT2D eigenvalue weighted by Crippen LogP contribution is -2.19. The highest BCUT2D eigenvalue weighted by molar-refractivity contribution is 6.05. The maximum atomic E-state index is 12.9. The number of nitrogens with zero attached hydrogens (tertiary/aromatic N) is 4. The van der Waals surface area contributed by atoms with Gasteiger partial charge in [0.15, 0.2) is 0 Å². The van der Waals surface area contributed by atoms with Crippen molar-refractivity contribution in [3.63, 3.8) is 0 Å². The first-order chi connectivity index (χ1) is 16.9. The summed E-state index contributed by atoms with van der Waals surface area (Å²) in [6.45, 7) is 2.73. The van der Waals surface area contributed by atoms with Gasteiger partial charge in [0, 0.05) is 16.9 Å². The summed E-state index contributed by atoms with van der Waals surface area (Å²) in [7, 11) is 1.63. The maximum Gasteiger partial charge on any atom is 0.345 e. The molecule has 4 aromatic rings. The van der Waals surface area contributed by atoms with Gasteiger partial charge in [0.1, 0.15) is 22.9 Å². The highest BCUT2D eigenvalue weighted by Crippen LogP contribution is 2.41. The van der Waals surface area contributed by atoms with Gasteiger partial charge in [-0.1, -0.05) is 24.4 Å². The molecule has 0 unspecified atom stereocenters. The summed E-state index contributed by atoms with van der Waals surface area (Å²) in [6.07, 6.45) is 7.35. The van der Waals surface area contributed by atoms with Gasteiger partial charge in [-0.05, 0) is 45.7 Å². The molecule has 3 aromatic heterocycles. The summed E-state index contributed by atoms with van der Waals surface area (Å²) in [5.74, 6) is 2.56. The van der Waals surface area contributed by atoms with Crippen LogP contribution in [0.2, 0.25) is 0 Å². The Labute approximate surface area is 202 Å². The van der Waals surface area contributed by atoms with Crippen LogP contribution in [0.25, 0.3) is 33.1 Å². The van der Waals surface area contributed by atoms with E-state index in [4.69, 9.17) is 24.0 Å². The van der Waals surface area contributed by atoms with Crippen molar-refractivity contribution >= 4 is 21.9 Å². The van der Waals surface area contributed by atoms with Gasteiger partial charge >= 0.3 is 6.61 Å². The summed E-state index contributed by atoms with van der Waals surface area (Å²) in [4.78, 5) is 9.70. The Morgan fingerprint density at radius 2 is 1.91 bits per heavy atom. The van der Waals surface area contributed by atoms with Gasteiger partial charge in [0.25, 0.3) is 0 Å². The third-order valence-electron chi connectivity index (χ3n) is 7.04. The van der Waals surface area contributed by atoms with Crippen molar-refractivity contribution in [3.8, 4) is 16.9 Å². The molecule has 5 rings (SSSR count). The Bertz CT molecular complexity index is 1340. The largest absolute Gasteiger partial charge is 0.496 e. The Balaban J connectivity index is 1.74. The molecule has 186 valence electrons. The van der Waals surface area contributed by atoms with Gasteiger partial charge in [-0.15, -0.1) is 0 Å². The highest BCUT2D eigenvalue weighted by Gasteiger charge is 2.27. The second kappa shape index (κ2) is 9.53. The maximum absolute atomic E-state index is 12.9. The molecule has 7 nitrogen and oxygen atoms in total. The molecule has 1 aliphatic carbocycles. The molecular weight excluding hydrogens is 454 g/mol. The molecule has 1 fully saturated rings. The van der Waals surface area contributed by atoms with Gasteiger partial charge in [0.05, 0.1) is 48.2 Å². The molecule has 1 atom stereocenters. The highest BCUT2D eigenvalue weighted by atomic mass is 19.3. The minimum atomic E-state index is -2.82. The van der Waals surface area contributed by atoms with Crippen LogP contribution in [0, 0.1) is 13.8 Å². The van der Waals surface area contributed by atoms with Crippen molar-refractivity contribution < 1.29 is 22.8 Å². The molecule has 0 amide bonds. The number of methoxy groups -OCH3 is 1. The van der Waals surface area contributed by atoms with E-state index in [0.29, 0.717) is 11.5 Å². The van der Waals surface area contributed by atoms with Crippen LogP contribution < -0.4 is 4.74 Å². The lowest BCUT2D eigenvalue weighted by Gasteiger charge is -2.25. The molecule has 0 aliphatic heterocycles. The number of aromatic nitrogens is 4. The van der Waals surface area contributed by atoms with Crippen molar-refractivity contribution in [1.82, 2.24) is 19.7 Å². The number of fused-ring (bicyclic) bond motifs is 3. The summed E-state index contributed by atoms with van der Waals surface area (Å²) >= 11 is 0. The molecular formula is C26H30F2N4O3. The van der Waals surface area contributed by atoms with E-state index in [1.165, 1.54) is 6.42 Å². The van der Waals surface area contributed by atoms with Gasteiger partial charge in [-0.3, -0.25) is 4.98 Å². The Morgan fingerprint density at radius 3 is 2.57 bits per heavy atom. The Morgan fingerprint density at radius 1 is 1.14 bits per heavy atom. The summed E-state index contributed by atoms with van der Waals surface area (Å²) in [6, 6.07) is 3.60. The molecule has 0 saturated heterocycles. The van der Waals surface area contributed by atoms with Gasteiger partial charge in [-0.2, -0.15) is 8.78 Å². The molecule has 1 aromatic carbocycles. The minimum absolute atomic E-state index is 0.110. The second-order valence-corrected chi connectivity index (χ2v) is 9.38. The van der Waals surface area contributed by atoms with Crippen LogP contribution in [-0.4, -0.2) is 40.0 Å².